The molecule has 17 heavy (non-hydrogen) atoms. The number of carbonyl (C=O) groups is 1. The number of hydrogen-bond acceptors (Lipinski definition) is 3. The summed E-state index contributed by atoms with van der Waals surface area (Å²) in [5, 5.41) is 13.4. The lowest BCUT2D eigenvalue weighted by Gasteiger charge is -2.22. The van der Waals surface area contributed by atoms with E-state index in [1.807, 2.05) is 20.8 Å². The van der Waals surface area contributed by atoms with Gasteiger partial charge in [-0.2, -0.15) is 0 Å². The zero-order valence-corrected chi connectivity index (χ0v) is 10.1. The Morgan fingerprint density at radius 1 is 1.47 bits per heavy atom. The average Bonchev–Trinajstić information content (AvgIpc) is 2.26. The van der Waals surface area contributed by atoms with Crippen molar-refractivity contribution in [2.45, 2.75) is 32.7 Å². The molecule has 0 fully saturated rings. The van der Waals surface area contributed by atoms with Gasteiger partial charge in [-0.3, -0.25) is 4.79 Å². The third kappa shape index (κ3) is 2.98. The summed E-state index contributed by atoms with van der Waals surface area (Å²) in [7, 11) is 0. The third-order valence-electron chi connectivity index (χ3n) is 2.45. The van der Waals surface area contributed by atoms with Crippen molar-refractivity contribution in [2.24, 2.45) is 5.11 Å². The smallest absolute Gasteiger partial charge is 0.153 e. The summed E-state index contributed by atoms with van der Waals surface area (Å²) in [5.74, 6) is -0.00260. The van der Waals surface area contributed by atoms with Crippen LogP contribution in [-0.2, 0) is 12.0 Å². The first-order valence-electron chi connectivity index (χ1n) is 5.22. The van der Waals surface area contributed by atoms with Gasteiger partial charge >= 0.3 is 0 Å². The van der Waals surface area contributed by atoms with E-state index in [4.69, 9.17) is 5.53 Å². The Bertz CT molecular complexity index is 483. The molecule has 0 saturated carbocycles. The number of carbonyl (C=O) groups excluding carboxylic acids is 1. The molecular weight excluding hydrogens is 218 g/mol. The predicted molar refractivity (Wildman–Crippen MR) is 65.0 cm³/mol. The van der Waals surface area contributed by atoms with Gasteiger partial charge in [0.15, 0.2) is 6.29 Å². The summed E-state index contributed by atoms with van der Waals surface area (Å²) in [6, 6.07) is 3.29. The predicted octanol–water partition coefficient (Wildman–Crippen LogP) is 3.31. The summed E-state index contributed by atoms with van der Waals surface area (Å²) in [4.78, 5) is 13.5. The molecule has 0 aliphatic carbocycles. The van der Waals surface area contributed by atoms with Crippen LogP contribution in [0.15, 0.2) is 17.2 Å². The van der Waals surface area contributed by atoms with Crippen LogP contribution >= 0.6 is 0 Å². The van der Waals surface area contributed by atoms with Crippen molar-refractivity contribution in [3.05, 3.63) is 39.3 Å². The zero-order valence-electron chi connectivity index (χ0n) is 10.1. The molecule has 0 bridgehead atoms. The van der Waals surface area contributed by atoms with E-state index in [0.29, 0.717) is 17.4 Å². The fourth-order valence-electron chi connectivity index (χ4n) is 1.59. The van der Waals surface area contributed by atoms with Gasteiger partial charge in [0.05, 0.1) is 12.1 Å². The number of benzene rings is 1. The molecule has 0 aromatic heterocycles. The maximum absolute atomic E-state index is 10.9. The van der Waals surface area contributed by atoms with Gasteiger partial charge in [-0.25, -0.2) is 0 Å². The second-order valence-electron chi connectivity index (χ2n) is 4.84. The minimum absolute atomic E-state index is 0.00260. The summed E-state index contributed by atoms with van der Waals surface area (Å²) in [6.07, 6.45) is 0.601. The number of aldehydes is 1. The van der Waals surface area contributed by atoms with Gasteiger partial charge < -0.3 is 5.11 Å². The standard InChI is InChI=1S/C12H15N3O2/c1-12(2,3)10-5-8(6-14-15-13)4-9(7-16)11(10)17/h4-5,7,17H,6H2,1-3H3. The number of phenols is 1. The Morgan fingerprint density at radius 2 is 2.12 bits per heavy atom. The van der Waals surface area contributed by atoms with Gasteiger partial charge in [-0.1, -0.05) is 32.0 Å². The molecular formula is C12H15N3O2. The van der Waals surface area contributed by atoms with Gasteiger partial charge in [0.2, 0.25) is 0 Å². The number of rotatable bonds is 3. The van der Waals surface area contributed by atoms with Crippen molar-refractivity contribution in [1.82, 2.24) is 0 Å². The Labute approximate surface area is 99.7 Å². The van der Waals surface area contributed by atoms with Crippen LogP contribution in [0.2, 0.25) is 0 Å². The highest BCUT2D eigenvalue weighted by molar-refractivity contribution is 5.80. The Morgan fingerprint density at radius 3 is 2.59 bits per heavy atom. The van der Waals surface area contributed by atoms with Gasteiger partial charge in [0.1, 0.15) is 5.75 Å². The molecule has 1 aromatic rings. The second kappa shape index (κ2) is 4.89. The summed E-state index contributed by atoms with van der Waals surface area (Å²) < 4.78 is 0. The van der Waals surface area contributed by atoms with Crippen LogP contribution < -0.4 is 0 Å². The molecule has 0 amide bonds. The van der Waals surface area contributed by atoms with Crippen molar-refractivity contribution < 1.29 is 9.90 Å². The molecule has 0 atom stereocenters. The SMILES string of the molecule is CC(C)(C)c1cc(CN=[N+]=[N-])cc(C=O)c1O. The lowest BCUT2D eigenvalue weighted by Crippen LogP contribution is -2.12. The zero-order chi connectivity index (χ0) is 13.1. The minimum Gasteiger partial charge on any atom is -0.507 e. The monoisotopic (exact) mass is 233 g/mol. The maximum Gasteiger partial charge on any atom is 0.153 e. The minimum atomic E-state index is -0.284. The number of hydrogen-bond donors (Lipinski definition) is 1. The van der Waals surface area contributed by atoms with Crippen molar-refractivity contribution in [3.8, 4) is 5.75 Å². The topological polar surface area (TPSA) is 86.1 Å². The normalized spacial score (nSPS) is 10.8. The fraction of sp³-hybridized carbons (Fsp3) is 0.417. The van der Waals surface area contributed by atoms with E-state index in [0.717, 1.165) is 0 Å². The van der Waals surface area contributed by atoms with E-state index >= 15 is 0 Å². The molecule has 0 heterocycles. The van der Waals surface area contributed by atoms with E-state index in [1.54, 1.807) is 6.07 Å². The Balaban J connectivity index is 3.38. The van der Waals surface area contributed by atoms with Crippen LogP contribution in [-0.4, -0.2) is 11.4 Å². The van der Waals surface area contributed by atoms with Gasteiger partial charge in [0, 0.05) is 10.5 Å². The van der Waals surface area contributed by atoms with Crippen molar-refractivity contribution >= 4 is 6.29 Å². The van der Waals surface area contributed by atoms with Crippen LogP contribution in [0.25, 0.3) is 10.4 Å². The molecule has 0 unspecified atom stereocenters. The molecule has 0 aliphatic rings. The first-order chi connectivity index (χ1) is 7.90. The quantitative estimate of drug-likeness (QED) is 0.376. The van der Waals surface area contributed by atoms with Crippen molar-refractivity contribution in [2.75, 3.05) is 0 Å². The van der Waals surface area contributed by atoms with E-state index in [9.17, 15) is 9.90 Å². The molecule has 0 spiro atoms. The highest BCUT2D eigenvalue weighted by Crippen LogP contribution is 2.33. The number of azide groups is 1. The van der Waals surface area contributed by atoms with E-state index in [2.05, 4.69) is 10.0 Å². The molecule has 1 N–H and O–H groups in total. The molecule has 0 aliphatic heterocycles. The van der Waals surface area contributed by atoms with Crippen molar-refractivity contribution in [3.63, 3.8) is 0 Å². The number of phenolic OH excluding ortho intramolecular Hbond substituents is 1. The second-order valence-corrected chi connectivity index (χ2v) is 4.84. The molecule has 1 rings (SSSR count). The molecule has 90 valence electrons. The van der Waals surface area contributed by atoms with Crippen LogP contribution in [0.4, 0.5) is 0 Å². The van der Waals surface area contributed by atoms with Gasteiger partial charge in [0.25, 0.3) is 0 Å². The molecule has 0 radical (unpaired) electrons. The molecule has 1 aromatic carbocycles. The Hall–Kier alpha value is -2.00. The fourth-order valence-corrected chi connectivity index (χ4v) is 1.59. The summed E-state index contributed by atoms with van der Waals surface area (Å²) in [5.41, 5.74) is 9.60. The van der Waals surface area contributed by atoms with Crippen molar-refractivity contribution in [1.29, 1.82) is 0 Å². The lowest BCUT2D eigenvalue weighted by molar-refractivity contribution is 0.112. The number of aromatic hydroxyl groups is 1. The molecule has 5 heteroatoms. The highest BCUT2D eigenvalue weighted by atomic mass is 16.3. The number of nitrogens with zero attached hydrogens (tertiary/aromatic N) is 3. The van der Waals surface area contributed by atoms with Crippen LogP contribution in [0, 0.1) is 0 Å². The van der Waals surface area contributed by atoms with Crippen LogP contribution in [0.5, 0.6) is 5.75 Å². The van der Waals surface area contributed by atoms with Gasteiger partial charge in [-0.05, 0) is 22.6 Å². The van der Waals surface area contributed by atoms with Crippen LogP contribution in [0.3, 0.4) is 0 Å². The Kier molecular flexibility index (Phi) is 3.76. The van der Waals surface area contributed by atoms with E-state index < -0.39 is 0 Å². The largest absolute Gasteiger partial charge is 0.507 e. The first kappa shape index (κ1) is 13.1. The van der Waals surface area contributed by atoms with Gasteiger partial charge in [-0.15, -0.1) is 0 Å². The summed E-state index contributed by atoms with van der Waals surface area (Å²) in [6.45, 7) is 5.98. The molecule has 5 nitrogen and oxygen atoms in total. The highest BCUT2D eigenvalue weighted by Gasteiger charge is 2.20. The maximum atomic E-state index is 10.9. The third-order valence-corrected chi connectivity index (χ3v) is 2.45. The average molecular weight is 233 g/mol. The lowest BCUT2D eigenvalue weighted by atomic mass is 9.84. The first-order valence-corrected chi connectivity index (χ1v) is 5.22. The van der Waals surface area contributed by atoms with E-state index in [1.165, 1.54) is 6.07 Å². The van der Waals surface area contributed by atoms with Crippen LogP contribution in [0.1, 0.15) is 42.3 Å². The van der Waals surface area contributed by atoms with E-state index in [-0.39, 0.29) is 23.3 Å². The molecule has 0 saturated heterocycles. The summed E-state index contributed by atoms with van der Waals surface area (Å²) >= 11 is 0.